The Morgan fingerprint density at radius 2 is 2.00 bits per heavy atom. The van der Waals surface area contributed by atoms with Crippen molar-refractivity contribution in [1.29, 1.82) is 0 Å². The third-order valence-electron chi connectivity index (χ3n) is 2.60. The highest BCUT2D eigenvalue weighted by Crippen LogP contribution is 2.39. The van der Waals surface area contributed by atoms with Gasteiger partial charge in [-0.3, -0.25) is 14.9 Å². The van der Waals surface area contributed by atoms with Crippen LogP contribution in [0.1, 0.15) is 6.92 Å². The van der Waals surface area contributed by atoms with E-state index < -0.39 is 16.9 Å². The van der Waals surface area contributed by atoms with Crippen molar-refractivity contribution in [3.8, 4) is 11.5 Å². The molecule has 1 aromatic carbocycles. The molecule has 1 aromatic rings. The average Bonchev–Trinajstić information content (AvgIpc) is 2.37. The summed E-state index contributed by atoms with van der Waals surface area (Å²) in [4.78, 5) is 21.2. The monoisotopic (exact) mass is 268 g/mol. The Morgan fingerprint density at radius 3 is 2.53 bits per heavy atom. The number of anilines is 1. The van der Waals surface area contributed by atoms with Gasteiger partial charge in [0.2, 0.25) is 0 Å². The van der Waals surface area contributed by atoms with Crippen molar-refractivity contribution in [2.75, 3.05) is 18.5 Å². The van der Waals surface area contributed by atoms with Crippen molar-refractivity contribution in [2.45, 2.75) is 13.0 Å². The van der Waals surface area contributed by atoms with E-state index in [1.165, 1.54) is 19.1 Å². The van der Waals surface area contributed by atoms with E-state index in [-0.39, 0.29) is 17.1 Å². The number of carboxylic acid groups (broad SMARTS) is 1. The molecule has 1 aliphatic heterocycles. The Morgan fingerprint density at radius 1 is 1.42 bits per heavy atom. The molecule has 2 rings (SSSR count). The van der Waals surface area contributed by atoms with Gasteiger partial charge in [0.05, 0.1) is 11.0 Å². The number of rotatable bonds is 4. The first-order valence-corrected chi connectivity index (χ1v) is 5.56. The zero-order valence-corrected chi connectivity index (χ0v) is 10.1. The maximum atomic E-state index is 11.0. The number of nitro groups is 1. The molecule has 19 heavy (non-hydrogen) atoms. The highest BCUT2D eigenvalue weighted by molar-refractivity contribution is 5.79. The Balaban J connectivity index is 2.39. The highest BCUT2D eigenvalue weighted by Gasteiger charge is 2.24. The summed E-state index contributed by atoms with van der Waals surface area (Å²) in [5, 5.41) is 22.4. The predicted molar refractivity (Wildman–Crippen MR) is 64.8 cm³/mol. The van der Waals surface area contributed by atoms with E-state index in [1.54, 1.807) is 0 Å². The molecule has 0 saturated carbocycles. The molecule has 8 heteroatoms. The largest absolute Gasteiger partial charge is 0.486 e. The summed E-state index contributed by atoms with van der Waals surface area (Å²) in [6, 6.07) is 1.65. The van der Waals surface area contributed by atoms with Crippen LogP contribution in [0.15, 0.2) is 12.1 Å². The summed E-state index contributed by atoms with van der Waals surface area (Å²) in [6.45, 7) is 2.06. The standard InChI is InChI=1S/C11H12N2O6/c1-6(11(14)15)12-7-4-9-10(19-3-2-18-9)5-8(7)13(16)17/h4-6,12H,2-3H2,1H3,(H,14,15). The van der Waals surface area contributed by atoms with Crippen LogP contribution in [0.4, 0.5) is 11.4 Å². The molecule has 1 atom stereocenters. The van der Waals surface area contributed by atoms with E-state index in [9.17, 15) is 14.9 Å². The van der Waals surface area contributed by atoms with Crippen LogP contribution in [0.25, 0.3) is 0 Å². The van der Waals surface area contributed by atoms with Gasteiger partial charge in [-0.1, -0.05) is 0 Å². The van der Waals surface area contributed by atoms with Gasteiger partial charge in [-0.05, 0) is 6.92 Å². The smallest absolute Gasteiger partial charge is 0.325 e. The highest BCUT2D eigenvalue weighted by atomic mass is 16.6. The fourth-order valence-electron chi connectivity index (χ4n) is 1.64. The van der Waals surface area contributed by atoms with E-state index in [1.807, 2.05) is 0 Å². The number of fused-ring (bicyclic) bond motifs is 1. The molecule has 0 saturated heterocycles. The van der Waals surface area contributed by atoms with Crippen LogP contribution in [0.5, 0.6) is 11.5 Å². The minimum absolute atomic E-state index is 0.0872. The van der Waals surface area contributed by atoms with Crippen LogP contribution in [0, 0.1) is 10.1 Å². The molecule has 2 N–H and O–H groups in total. The van der Waals surface area contributed by atoms with Gasteiger partial charge in [-0.25, -0.2) is 0 Å². The minimum Gasteiger partial charge on any atom is -0.486 e. The van der Waals surface area contributed by atoms with Gasteiger partial charge in [-0.2, -0.15) is 0 Å². The molecule has 0 fully saturated rings. The van der Waals surface area contributed by atoms with E-state index in [0.29, 0.717) is 19.0 Å². The SMILES string of the molecule is CC(Nc1cc2c(cc1[N+](=O)[O-])OCCO2)C(=O)O. The van der Waals surface area contributed by atoms with Crippen LogP contribution in [0.2, 0.25) is 0 Å². The number of nitrogens with one attached hydrogen (secondary N) is 1. The van der Waals surface area contributed by atoms with E-state index in [2.05, 4.69) is 5.32 Å². The normalized spacial score (nSPS) is 14.6. The number of carbonyl (C=O) groups is 1. The average molecular weight is 268 g/mol. The molecule has 0 aromatic heterocycles. The van der Waals surface area contributed by atoms with E-state index >= 15 is 0 Å². The van der Waals surface area contributed by atoms with Crippen molar-refractivity contribution >= 4 is 17.3 Å². The van der Waals surface area contributed by atoms with Crippen LogP contribution < -0.4 is 14.8 Å². The third kappa shape index (κ3) is 2.67. The zero-order chi connectivity index (χ0) is 14.0. The molecule has 102 valence electrons. The van der Waals surface area contributed by atoms with Gasteiger partial charge in [-0.15, -0.1) is 0 Å². The van der Waals surface area contributed by atoms with Crippen molar-refractivity contribution in [3.63, 3.8) is 0 Å². The van der Waals surface area contributed by atoms with Gasteiger partial charge >= 0.3 is 5.97 Å². The second-order valence-corrected chi connectivity index (χ2v) is 3.97. The lowest BCUT2D eigenvalue weighted by atomic mass is 10.2. The topological polar surface area (TPSA) is 111 Å². The van der Waals surface area contributed by atoms with Crippen molar-refractivity contribution in [1.82, 2.24) is 0 Å². The van der Waals surface area contributed by atoms with Gasteiger partial charge < -0.3 is 19.9 Å². The quantitative estimate of drug-likeness (QED) is 0.624. The Labute approximate surface area is 108 Å². The predicted octanol–water partition coefficient (Wildman–Crippen LogP) is 1.25. The molecule has 0 spiro atoms. The van der Waals surface area contributed by atoms with Gasteiger partial charge in [0.1, 0.15) is 24.9 Å². The summed E-state index contributed by atoms with van der Waals surface area (Å²) < 4.78 is 10.6. The molecule has 0 radical (unpaired) electrons. The summed E-state index contributed by atoms with van der Waals surface area (Å²) in [7, 11) is 0. The van der Waals surface area contributed by atoms with Gasteiger partial charge in [0.25, 0.3) is 5.69 Å². The lowest BCUT2D eigenvalue weighted by Crippen LogP contribution is -2.26. The van der Waals surface area contributed by atoms with Crippen LogP contribution >= 0.6 is 0 Å². The molecule has 8 nitrogen and oxygen atoms in total. The van der Waals surface area contributed by atoms with Crippen molar-refractivity contribution < 1.29 is 24.3 Å². The van der Waals surface area contributed by atoms with E-state index in [4.69, 9.17) is 14.6 Å². The Hall–Kier alpha value is -2.51. The molecule has 1 aliphatic rings. The molecular weight excluding hydrogens is 256 g/mol. The number of carboxylic acids is 1. The third-order valence-corrected chi connectivity index (χ3v) is 2.60. The Kier molecular flexibility index (Phi) is 3.41. The number of ether oxygens (including phenoxy) is 2. The zero-order valence-electron chi connectivity index (χ0n) is 10.1. The second-order valence-electron chi connectivity index (χ2n) is 3.97. The van der Waals surface area contributed by atoms with Crippen molar-refractivity contribution in [2.24, 2.45) is 0 Å². The first-order chi connectivity index (χ1) is 8.99. The lowest BCUT2D eigenvalue weighted by molar-refractivity contribution is -0.384. The maximum absolute atomic E-state index is 11.0. The maximum Gasteiger partial charge on any atom is 0.325 e. The van der Waals surface area contributed by atoms with Gasteiger partial charge in [0.15, 0.2) is 11.5 Å². The summed E-state index contributed by atoms with van der Waals surface area (Å²) in [5.74, 6) is -0.465. The first kappa shape index (κ1) is 12.9. The molecular formula is C11H12N2O6. The fraction of sp³-hybridized carbons (Fsp3) is 0.364. The number of hydrogen-bond donors (Lipinski definition) is 2. The molecule has 0 aliphatic carbocycles. The fourth-order valence-corrected chi connectivity index (χ4v) is 1.64. The van der Waals surface area contributed by atoms with Gasteiger partial charge in [0, 0.05) is 6.07 Å². The van der Waals surface area contributed by atoms with Crippen LogP contribution in [-0.4, -0.2) is 35.3 Å². The molecule has 1 unspecified atom stereocenters. The summed E-state index contributed by atoms with van der Waals surface area (Å²) in [5.41, 5.74) is -0.165. The number of nitrogens with zero attached hydrogens (tertiary/aromatic N) is 1. The number of benzene rings is 1. The van der Waals surface area contributed by atoms with Crippen LogP contribution in [-0.2, 0) is 4.79 Å². The van der Waals surface area contributed by atoms with Crippen LogP contribution in [0.3, 0.4) is 0 Å². The first-order valence-electron chi connectivity index (χ1n) is 5.56. The molecule has 1 heterocycles. The summed E-state index contributed by atoms with van der Waals surface area (Å²) in [6.07, 6.45) is 0. The Bertz CT molecular complexity index is 530. The number of hydrogen-bond acceptors (Lipinski definition) is 6. The second kappa shape index (κ2) is 5.01. The van der Waals surface area contributed by atoms with Crippen molar-refractivity contribution in [3.05, 3.63) is 22.2 Å². The number of aliphatic carboxylic acids is 1. The number of nitro benzene ring substituents is 1. The summed E-state index contributed by atoms with van der Waals surface area (Å²) >= 11 is 0. The minimum atomic E-state index is -1.11. The lowest BCUT2D eigenvalue weighted by Gasteiger charge is -2.20. The van der Waals surface area contributed by atoms with E-state index in [0.717, 1.165) is 0 Å². The molecule has 0 amide bonds. The molecule has 0 bridgehead atoms.